The van der Waals surface area contributed by atoms with Crippen molar-refractivity contribution in [2.24, 2.45) is 0 Å². The van der Waals surface area contributed by atoms with Gasteiger partial charge < -0.3 is 4.90 Å². The van der Waals surface area contributed by atoms with Crippen LogP contribution in [0.25, 0.3) is 22.2 Å². The summed E-state index contributed by atoms with van der Waals surface area (Å²) in [5.41, 5.74) is 5.59. The van der Waals surface area contributed by atoms with Crippen molar-refractivity contribution in [2.75, 3.05) is 19.0 Å². The van der Waals surface area contributed by atoms with Crippen molar-refractivity contribution < 1.29 is 0 Å². The van der Waals surface area contributed by atoms with E-state index >= 15 is 0 Å². The first-order valence-corrected chi connectivity index (χ1v) is 7.58. The molecule has 0 amide bonds. The molecule has 3 aromatic rings. The van der Waals surface area contributed by atoms with E-state index in [0.717, 1.165) is 27.8 Å². The lowest BCUT2D eigenvalue weighted by atomic mass is 9.99. The van der Waals surface area contributed by atoms with Crippen LogP contribution in [0.2, 0.25) is 0 Å². The van der Waals surface area contributed by atoms with Crippen LogP contribution in [0.4, 0.5) is 5.69 Å². The van der Waals surface area contributed by atoms with E-state index in [-0.39, 0.29) is 0 Å². The van der Waals surface area contributed by atoms with E-state index in [0.29, 0.717) is 5.92 Å². The number of hydrogen-bond donors (Lipinski definition) is 0. The van der Waals surface area contributed by atoms with E-state index in [1.165, 1.54) is 5.56 Å². The van der Waals surface area contributed by atoms with E-state index in [4.69, 9.17) is 0 Å². The SMILES string of the molecule is CC(C)c1ccc(-c2ncnc3cc(N(C)C)ccc23)cc1. The first kappa shape index (κ1) is 14.5. The molecule has 112 valence electrons. The molecule has 3 rings (SSSR count). The Balaban J connectivity index is 2.10. The Morgan fingerprint density at radius 2 is 1.64 bits per heavy atom. The highest BCUT2D eigenvalue weighted by molar-refractivity contribution is 5.93. The van der Waals surface area contributed by atoms with Gasteiger partial charge in [0.25, 0.3) is 0 Å². The predicted octanol–water partition coefficient (Wildman–Crippen LogP) is 4.49. The van der Waals surface area contributed by atoms with Crippen molar-refractivity contribution in [3.05, 3.63) is 54.4 Å². The Kier molecular flexibility index (Phi) is 3.80. The first-order chi connectivity index (χ1) is 10.6. The molecule has 0 N–H and O–H groups in total. The maximum Gasteiger partial charge on any atom is 0.116 e. The van der Waals surface area contributed by atoms with Gasteiger partial charge in [0.05, 0.1) is 11.2 Å². The van der Waals surface area contributed by atoms with Crippen LogP contribution in [0.5, 0.6) is 0 Å². The van der Waals surface area contributed by atoms with Crippen LogP contribution in [0.3, 0.4) is 0 Å². The Morgan fingerprint density at radius 3 is 2.27 bits per heavy atom. The molecule has 0 aliphatic heterocycles. The van der Waals surface area contributed by atoms with Gasteiger partial charge in [-0.15, -0.1) is 0 Å². The second kappa shape index (κ2) is 5.76. The molecule has 0 aliphatic carbocycles. The summed E-state index contributed by atoms with van der Waals surface area (Å²) in [5, 5.41) is 1.09. The summed E-state index contributed by atoms with van der Waals surface area (Å²) in [4.78, 5) is 11.0. The fourth-order valence-electron chi connectivity index (χ4n) is 2.58. The Hall–Kier alpha value is -2.42. The summed E-state index contributed by atoms with van der Waals surface area (Å²) in [6.45, 7) is 4.41. The van der Waals surface area contributed by atoms with Crippen LogP contribution in [-0.2, 0) is 0 Å². The number of aromatic nitrogens is 2. The zero-order chi connectivity index (χ0) is 15.7. The van der Waals surface area contributed by atoms with Gasteiger partial charge in [-0.05, 0) is 29.7 Å². The highest BCUT2D eigenvalue weighted by Gasteiger charge is 2.08. The zero-order valence-corrected chi connectivity index (χ0v) is 13.5. The number of hydrogen-bond acceptors (Lipinski definition) is 3. The van der Waals surface area contributed by atoms with Crippen LogP contribution >= 0.6 is 0 Å². The molecule has 1 aromatic heterocycles. The molecule has 1 heterocycles. The standard InChI is InChI=1S/C19H21N3/c1-13(2)14-5-7-15(8-6-14)19-17-10-9-16(22(3)4)11-18(17)20-12-21-19/h5-13H,1-4H3. The predicted molar refractivity (Wildman–Crippen MR) is 93.4 cm³/mol. The van der Waals surface area contributed by atoms with Crippen molar-refractivity contribution in [3.63, 3.8) is 0 Å². The maximum atomic E-state index is 4.50. The summed E-state index contributed by atoms with van der Waals surface area (Å²) in [6, 6.07) is 15.0. The minimum absolute atomic E-state index is 0.541. The van der Waals surface area contributed by atoms with Gasteiger partial charge in [-0.2, -0.15) is 0 Å². The molecule has 0 spiro atoms. The third-order valence-corrected chi connectivity index (χ3v) is 3.99. The van der Waals surface area contributed by atoms with Gasteiger partial charge in [0.15, 0.2) is 0 Å². The Bertz CT molecular complexity index is 789. The molecule has 0 atom stereocenters. The lowest BCUT2D eigenvalue weighted by Gasteiger charge is -2.14. The number of fused-ring (bicyclic) bond motifs is 1. The Labute approximate surface area is 131 Å². The van der Waals surface area contributed by atoms with Crippen molar-refractivity contribution in [1.29, 1.82) is 0 Å². The normalized spacial score (nSPS) is 11.1. The fraction of sp³-hybridized carbons (Fsp3) is 0.263. The van der Waals surface area contributed by atoms with E-state index in [1.807, 2.05) is 14.1 Å². The molecular weight excluding hydrogens is 270 g/mol. The lowest BCUT2D eigenvalue weighted by Crippen LogP contribution is -2.08. The molecular formula is C19H21N3. The van der Waals surface area contributed by atoms with E-state index in [9.17, 15) is 0 Å². The van der Waals surface area contributed by atoms with Gasteiger partial charge >= 0.3 is 0 Å². The zero-order valence-electron chi connectivity index (χ0n) is 13.5. The Morgan fingerprint density at radius 1 is 0.909 bits per heavy atom. The lowest BCUT2D eigenvalue weighted by molar-refractivity contribution is 0.867. The molecule has 0 radical (unpaired) electrons. The smallest absolute Gasteiger partial charge is 0.116 e. The minimum Gasteiger partial charge on any atom is -0.378 e. The molecule has 0 saturated heterocycles. The topological polar surface area (TPSA) is 29.0 Å². The first-order valence-electron chi connectivity index (χ1n) is 7.58. The maximum absolute atomic E-state index is 4.50. The molecule has 2 aromatic carbocycles. The van der Waals surface area contributed by atoms with Gasteiger partial charge in [-0.3, -0.25) is 0 Å². The quantitative estimate of drug-likeness (QED) is 0.712. The molecule has 0 aliphatic rings. The average molecular weight is 291 g/mol. The van der Waals surface area contributed by atoms with E-state index < -0.39 is 0 Å². The molecule has 0 unspecified atom stereocenters. The fourth-order valence-corrected chi connectivity index (χ4v) is 2.58. The van der Waals surface area contributed by atoms with Crippen LogP contribution < -0.4 is 4.90 Å². The monoisotopic (exact) mass is 291 g/mol. The van der Waals surface area contributed by atoms with Gasteiger partial charge in [0, 0.05) is 30.7 Å². The molecule has 0 fully saturated rings. The van der Waals surface area contributed by atoms with Crippen molar-refractivity contribution in [1.82, 2.24) is 9.97 Å². The molecule has 3 nitrogen and oxygen atoms in total. The van der Waals surface area contributed by atoms with E-state index in [1.54, 1.807) is 6.33 Å². The van der Waals surface area contributed by atoms with Gasteiger partial charge in [0.2, 0.25) is 0 Å². The molecule has 0 bridgehead atoms. The second-order valence-corrected chi connectivity index (χ2v) is 6.09. The highest BCUT2D eigenvalue weighted by Crippen LogP contribution is 2.28. The molecule has 0 saturated carbocycles. The number of benzene rings is 2. The third kappa shape index (κ3) is 2.67. The average Bonchev–Trinajstić information content (AvgIpc) is 2.53. The van der Waals surface area contributed by atoms with Crippen LogP contribution in [0.1, 0.15) is 25.3 Å². The largest absolute Gasteiger partial charge is 0.378 e. The number of rotatable bonds is 3. The van der Waals surface area contributed by atoms with Crippen LogP contribution in [0, 0.1) is 0 Å². The van der Waals surface area contributed by atoms with Gasteiger partial charge in [-0.25, -0.2) is 9.97 Å². The second-order valence-electron chi connectivity index (χ2n) is 6.09. The number of anilines is 1. The van der Waals surface area contributed by atoms with Crippen LogP contribution in [0.15, 0.2) is 48.8 Å². The molecule has 22 heavy (non-hydrogen) atoms. The van der Waals surface area contributed by atoms with Crippen molar-refractivity contribution >= 4 is 16.6 Å². The summed E-state index contributed by atoms with van der Waals surface area (Å²) < 4.78 is 0. The van der Waals surface area contributed by atoms with E-state index in [2.05, 4.69) is 71.2 Å². The van der Waals surface area contributed by atoms with Gasteiger partial charge in [0.1, 0.15) is 6.33 Å². The van der Waals surface area contributed by atoms with Crippen molar-refractivity contribution in [2.45, 2.75) is 19.8 Å². The minimum atomic E-state index is 0.541. The molecule has 3 heteroatoms. The summed E-state index contributed by atoms with van der Waals surface area (Å²) in [7, 11) is 4.07. The van der Waals surface area contributed by atoms with Crippen molar-refractivity contribution in [3.8, 4) is 11.3 Å². The third-order valence-electron chi connectivity index (χ3n) is 3.99. The van der Waals surface area contributed by atoms with Gasteiger partial charge in [-0.1, -0.05) is 38.1 Å². The van der Waals surface area contributed by atoms with Crippen LogP contribution in [-0.4, -0.2) is 24.1 Å². The number of nitrogens with zero attached hydrogens (tertiary/aromatic N) is 3. The summed E-state index contributed by atoms with van der Waals surface area (Å²) in [5.74, 6) is 0.541. The summed E-state index contributed by atoms with van der Waals surface area (Å²) >= 11 is 0. The highest BCUT2D eigenvalue weighted by atomic mass is 15.1. The summed E-state index contributed by atoms with van der Waals surface area (Å²) in [6.07, 6.45) is 1.65.